The topological polar surface area (TPSA) is 110 Å². The van der Waals surface area contributed by atoms with E-state index < -0.39 is 5.60 Å². The van der Waals surface area contributed by atoms with E-state index in [0.29, 0.717) is 61.2 Å². The first-order chi connectivity index (χ1) is 20.5. The maximum Gasteiger partial charge on any atom is 0.251 e. The highest BCUT2D eigenvalue weighted by Gasteiger charge is 2.25. The maximum absolute atomic E-state index is 13.5. The lowest BCUT2D eigenvalue weighted by atomic mass is 9.90. The molecule has 9 heteroatoms. The second-order valence-electron chi connectivity index (χ2n) is 11.2. The van der Waals surface area contributed by atoms with Crippen LogP contribution in [-0.2, 0) is 5.60 Å². The van der Waals surface area contributed by atoms with Crippen LogP contribution in [0, 0.1) is 0 Å². The van der Waals surface area contributed by atoms with Crippen molar-refractivity contribution in [3.63, 3.8) is 0 Å². The average molecular weight is 618 g/mol. The number of nitrogens with zero attached hydrogens (tertiary/aromatic N) is 2. The van der Waals surface area contributed by atoms with Gasteiger partial charge in [0.1, 0.15) is 5.75 Å². The van der Waals surface area contributed by atoms with E-state index in [1.54, 1.807) is 44.3 Å². The van der Waals surface area contributed by atoms with Crippen molar-refractivity contribution in [2.75, 3.05) is 19.4 Å². The van der Waals surface area contributed by atoms with E-state index in [-0.39, 0.29) is 18.4 Å². The summed E-state index contributed by atoms with van der Waals surface area (Å²) in [4.78, 5) is 23.1. The van der Waals surface area contributed by atoms with Gasteiger partial charge in [-0.3, -0.25) is 14.8 Å². The summed E-state index contributed by atoms with van der Waals surface area (Å²) in [6.07, 6.45) is 3.83. The number of hydrogen-bond donors (Lipinski definition) is 3. The van der Waals surface area contributed by atoms with Crippen molar-refractivity contribution in [2.24, 2.45) is 4.99 Å². The number of carbonyl (C=O) groups excluding carboxylic acids is 1. The summed E-state index contributed by atoms with van der Waals surface area (Å²) in [6.45, 7) is 3.66. The number of nitrogens with two attached hydrogens (primary N) is 1. The fourth-order valence-corrected chi connectivity index (χ4v) is 5.16. The molecule has 0 radical (unpaired) electrons. The van der Waals surface area contributed by atoms with E-state index in [1.165, 1.54) is 7.11 Å². The number of aliphatic imine (C=N–C) groups is 1. The number of rotatable bonds is 10. The number of carbonyl (C=O) groups is 1. The number of nitrogens with one attached hydrogen (secondary N) is 1. The van der Waals surface area contributed by atoms with Crippen LogP contribution < -0.4 is 15.8 Å². The molecule has 4 N–H and O–H groups in total. The summed E-state index contributed by atoms with van der Waals surface area (Å²) in [6, 6.07) is 22.5. The third-order valence-electron chi connectivity index (χ3n) is 7.43. The number of anilines is 1. The van der Waals surface area contributed by atoms with Gasteiger partial charge in [-0.15, -0.1) is 0 Å². The summed E-state index contributed by atoms with van der Waals surface area (Å²) in [7, 11) is 1.52. The van der Waals surface area contributed by atoms with E-state index in [2.05, 4.69) is 10.3 Å². The number of pyridine rings is 1. The smallest absolute Gasteiger partial charge is 0.251 e. The van der Waals surface area contributed by atoms with Gasteiger partial charge in [-0.2, -0.15) is 0 Å². The Kier molecular flexibility index (Phi) is 9.06. The first-order valence-electron chi connectivity index (χ1n) is 14.1. The monoisotopic (exact) mass is 616 g/mol. The Balaban J connectivity index is 1.52. The van der Waals surface area contributed by atoms with Crippen LogP contribution in [0.3, 0.4) is 0 Å². The molecule has 0 aliphatic heterocycles. The van der Waals surface area contributed by atoms with Gasteiger partial charge in [-0.05, 0) is 68.1 Å². The summed E-state index contributed by atoms with van der Waals surface area (Å²) < 4.78 is 5.46. The first-order valence-corrected chi connectivity index (χ1v) is 14.8. The number of aromatic nitrogens is 1. The van der Waals surface area contributed by atoms with Gasteiger partial charge in [-0.25, -0.2) is 0 Å². The van der Waals surface area contributed by atoms with Crippen molar-refractivity contribution in [1.29, 1.82) is 0 Å². The lowest BCUT2D eigenvalue weighted by Crippen LogP contribution is -2.30. The Morgan fingerprint density at radius 3 is 2.56 bits per heavy atom. The molecular weight excluding hydrogens is 583 g/mol. The van der Waals surface area contributed by atoms with E-state index in [4.69, 9.17) is 38.7 Å². The van der Waals surface area contributed by atoms with Crippen LogP contribution in [0.4, 0.5) is 5.69 Å². The molecule has 1 fully saturated rings. The summed E-state index contributed by atoms with van der Waals surface area (Å²) in [5.74, 6) is -0.236. The number of methoxy groups -OCH3 is 1. The van der Waals surface area contributed by atoms with Crippen LogP contribution in [0.2, 0.25) is 10.0 Å². The number of ether oxygens (including phenoxy) is 1. The Labute approximate surface area is 261 Å². The third-order valence-corrected chi connectivity index (χ3v) is 8.25. The molecular formula is C34H34Cl2N4O3. The maximum atomic E-state index is 13.5. The van der Waals surface area contributed by atoms with Crippen LogP contribution in [0.25, 0.3) is 11.3 Å². The second-order valence-corrected chi connectivity index (χ2v) is 12.0. The molecule has 1 heterocycles. The number of hydrogen-bond acceptors (Lipinski definition) is 6. The molecule has 1 aliphatic carbocycles. The van der Waals surface area contributed by atoms with Crippen molar-refractivity contribution in [3.05, 3.63) is 111 Å². The van der Waals surface area contributed by atoms with Crippen molar-refractivity contribution >= 4 is 41.0 Å². The molecule has 3 aromatic carbocycles. The fraction of sp³-hybridized carbons (Fsp3) is 0.265. The number of benzene rings is 3. The lowest BCUT2D eigenvalue weighted by Gasteiger charge is -2.24. The minimum absolute atomic E-state index is 0.228. The quantitative estimate of drug-likeness (QED) is 0.131. The molecule has 222 valence electrons. The highest BCUT2D eigenvalue weighted by Crippen LogP contribution is 2.36. The van der Waals surface area contributed by atoms with Crippen molar-refractivity contribution < 1.29 is 14.6 Å². The SMILES string of the molecule is COc1cc(C(=O)NCC(c2ccccc2)c2cc(C(C)(C)O)cc(-c3cccc(Cl)c3Cl)n2)cc(C=NC2CC2)c1N. The second kappa shape index (κ2) is 12.8. The molecule has 7 nitrogen and oxygen atoms in total. The molecule has 1 aliphatic rings. The Morgan fingerprint density at radius 1 is 1.14 bits per heavy atom. The molecule has 1 unspecified atom stereocenters. The van der Waals surface area contributed by atoms with Crippen LogP contribution in [0.1, 0.15) is 65.3 Å². The minimum atomic E-state index is -1.17. The standard InChI is InChI=1S/C34H34Cl2N4O3/c1-34(2,42)23-16-28(25-10-7-11-27(35)31(25)36)40-29(17-23)26(20-8-5-4-6-9-20)19-39-33(41)21-14-22(18-38-24-12-13-24)32(37)30(15-21)43-3/h4-11,14-18,24,26,42H,12-13,19,37H2,1-3H3,(H,39,41). The van der Waals surface area contributed by atoms with Crippen LogP contribution in [0.5, 0.6) is 5.75 Å². The summed E-state index contributed by atoms with van der Waals surface area (Å²) >= 11 is 12.9. The number of nitrogen functional groups attached to an aromatic ring is 1. The Morgan fingerprint density at radius 2 is 1.88 bits per heavy atom. The first kappa shape index (κ1) is 30.5. The van der Waals surface area contributed by atoms with Gasteiger partial charge >= 0.3 is 0 Å². The molecule has 1 aromatic heterocycles. The normalized spacial score (nSPS) is 14.1. The van der Waals surface area contributed by atoms with Gasteiger partial charge in [0.05, 0.1) is 45.9 Å². The van der Waals surface area contributed by atoms with Crippen LogP contribution >= 0.6 is 23.2 Å². The van der Waals surface area contributed by atoms with E-state index in [1.807, 2.05) is 48.5 Å². The van der Waals surface area contributed by atoms with E-state index in [0.717, 1.165) is 18.4 Å². The van der Waals surface area contributed by atoms with Gasteiger partial charge < -0.3 is 20.9 Å². The molecule has 5 rings (SSSR count). The summed E-state index contributed by atoms with van der Waals surface area (Å²) in [5.41, 5.74) is 10.1. The molecule has 4 aromatic rings. The van der Waals surface area contributed by atoms with Gasteiger partial charge in [0, 0.05) is 35.4 Å². The lowest BCUT2D eigenvalue weighted by molar-refractivity contribution is 0.0783. The zero-order chi connectivity index (χ0) is 30.7. The molecule has 1 saturated carbocycles. The Bertz CT molecular complexity index is 1660. The number of amides is 1. The van der Waals surface area contributed by atoms with Gasteiger partial charge in [0.2, 0.25) is 0 Å². The fourth-order valence-electron chi connectivity index (χ4n) is 4.76. The third kappa shape index (κ3) is 7.19. The van der Waals surface area contributed by atoms with Crippen LogP contribution in [-0.4, -0.2) is 41.9 Å². The summed E-state index contributed by atoms with van der Waals surface area (Å²) in [5, 5.41) is 14.9. The highest BCUT2D eigenvalue weighted by atomic mass is 35.5. The van der Waals surface area contributed by atoms with Gasteiger partial charge in [-0.1, -0.05) is 65.7 Å². The number of halogens is 2. The van der Waals surface area contributed by atoms with E-state index in [9.17, 15) is 9.90 Å². The highest BCUT2D eigenvalue weighted by molar-refractivity contribution is 6.43. The molecule has 0 spiro atoms. The Hall–Kier alpha value is -3.91. The van der Waals surface area contributed by atoms with E-state index >= 15 is 0 Å². The predicted octanol–water partition coefficient (Wildman–Crippen LogP) is 7.02. The molecule has 1 amide bonds. The van der Waals surface area contributed by atoms with Crippen LogP contribution in [0.15, 0.2) is 77.8 Å². The molecule has 43 heavy (non-hydrogen) atoms. The number of aliphatic hydroxyl groups is 1. The van der Waals surface area contributed by atoms with Crippen molar-refractivity contribution in [1.82, 2.24) is 10.3 Å². The zero-order valence-electron chi connectivity index (χ0n) is 24.3. The van der Waals surface area contributed by atoms with Crippen molar-refractivity contribution in [2.45, 2.75) is 44.2 Å². The average Bonchev–Trinajstić information content (AvgIpc) is 3.82. The minimum Gasteiger partial charge on any atom is -0.495 e. The molecule has 0 saturated heterocycles. The molecule has 1 atom stereocenters. The molecule has 0 bridgehead atoms. The largest absolute Gasteiger partial charge is 0.495 e. The zero-order valence-corrected chi connectivity index (χ0v) is 25.8. The van der Waals surface area contributed by atoms with Gasteiger partial charge in [0.25, 0.3) is 5.91 Å². The van der Waals surface area contributed by atoms with Gasteiger partial charge in [0.15, 0.2) is 0 Å². The predicted molar refractivity (Wildman–Crippen MR) is 174 cm³/mol. The van der Waals surface area contributed by atoms with Crippen molar-refractivity contribution in [3.8, 4) is 17.0 Å².